The number of piperazine rings is 1. The van der Waals surface area contributed by atoms with Crippen LogP contribution in [-0.4, -0.2) is 60.0 Å². The molecule has 0 unspecified atom stereocenters. The third-order valence-corrected chi connectivity index (χ3v) is 5.29. The van der Waals surface area contributed by atoms with Crippen LogP contribution in [-0.2, 0) is 12.8 Å². The van der Waals surface area contributed by atoms with Gasteiger partial charge in [-0.15, -0.1) is 0 Å². The lowest BCUT2D eigenvalue weighted by Crippen LogP contribution is -2.52. The van der Waals surface area contributed by atoms with Crippen molar-refractivity contribution in [3.05, 3.63) is 41.5 Å². The summed E-state index contributed by atoms with van der Waals surface area (Å²) in [5.41, 5.74) is 0.725. The largest absolute Gasteiger partial charge is 0.356 e. The summed E-state index contributed by atoms with van der Waals surface area (Å²) in [7, 11) is 1.79. The number of guanidine groups is 1. The van der Waals surface area contributed by atoms with Gasteiger partial charge in [0.05, 0.1) is 0 Å². The second-order valence-corrected chi connectivity index (χ2v) is 6.87. The molecule has 0 bridgehead atoms. The van der Waals surface area contributed by atoms with Crippen LogP contribution in [0.3, 0.4) is 0 Å². The molecule has 8 heteroatoms. The number of aromatic nitrogens is 2. The van der Waals surface area contributed by atoms with E-state index < -0.39 is 0 Å². The van der Waals surface area contributed by atoms with E-state index in [2.05, 4.69) is 36.4 Å². The van der Waals surface area contributed by atoms with Crippen molar-refractivity contribution in [3.8, 4) is 0 Å². The van der Waals surface area contributed by atoms with Gasteiger partial charge in [-0.05, 0) is 18.1 Å². The summed E-state index contributed by atoms with van der Waals surface area (Å²) in [6, 6.07) is 6.90. The number of halogens is 1. The number of aliphatic imine (C=N–C) groups is 1. The van der Waals surface area contributed by atoms with E-state index in [0.717, 1.165) is 55.1 Å². The van der Waals surface area contributed by atoms with E-state index in [4.69, 9.17) is 0 Å². The van der Waals surface area contributed by atoms with Gasteiger partial charge in [0.2, 0.25) is 5.13 Å². The number of anilines is 1. The van der Waals surface area contributed by atoms with Crippen molar-refractivity contribution in [3.63, 3.8) is 0 Å². The van der Waals surface area contributed by atoms with Crippen LogP contribution in [0.15, 0.2) is 29.3 Å². The molecule has 2 aromatic rings. The quantitative estimate of drug-likeness (QED) is 0.640. The van der Waals surface area contributed by atoms with E-state index >= 15 is 0 Å². The highest BCUT2D eigenvalue weighted by Crippen LogP contribution is 2.19. The molecule has 26 heavy (non-hydrogen) atoms. The van der Waals surface area contributed by atoms with Crippen molar-refractivity contribution in [1.82, 2.24) is 19.6 Å². The average Bonchev–Trinajstić information content (AvgIpc) is 3.16. The van der Waals surface area contributed by atoms with Gasteiger partial charge in [0.15, 0.2) is 5.96 Å². The van der Waals surface area contributed by atoms with E-state index in [1.165, 1.54) is 17.6 Å². The summed E-state index contributed by atoms with van der Waals surface area (Å²) in [6.07, 6.45) is 1.51. The minimum atomic E-state index is -0.151. The highest BCUT2D eigenvalue weighted by Gasteiger charge is 2.21. The lowest BCUT2D eigenvalue weighted by atomic mass is 10.1. The first kappa shape index (κ1) is 18.6. The minimum absolute atomic E-state index is 0.151. The monoisotopic (exact) mass is 376 g/mol. The summed E-state index contributed by atoms with van der Waals surface area (Å²) in [5, 5.41) is 4.35. The predicted octanol–water partition coefficient (Wildman–Crippen LogP) is 2.18. The number of aryl methyl sites for hydroxylation is 1. The molecule has 3 rings (SSSR count). The summed E-state index contributed by atoms with van der Waals surface area (Å²) >= 11 is 1.47. The van der Waals surface area contributed by atoms with Crippen molar-refractivity contribution < 1.29 is 4.39 Å². The van der Waals surface area contributed by atoms with Crippen LogP contribution in [0, 0.1) is 5.82 Å². The zero-order chi connectivity index (χ0) is 18.4. The van der Waals surface area contributed by atoms with Gasteiger partial charge >= 0.3 is 0 Å². The molecule has 1 aromatic heterocycles. The number of nitrogens with zero attached hydrogens (tertiary/aromatic N) is 5. The first-order valence-corrected chi connectivity index (χ1v) is 9.75. The Kier molecular flexibility index (Phi) is 6.38. The predicted molar refractivity (Wildman–Crippen MR) is 105 cm³/mol. The van der Waals surface area contributed by atoms with E-state index in [9.17, 15) is 4.39 Å². The molecule has 1 aliphatic heterocycles. The third kappa shape index (κ3) is 4.49. The van der Waals surface area contributed by atoms with E-state index in [1.54, 1.807) is 13.1 Å². The zero-order valence-electron chi connectivity index (χ0n) is 15.3. The molecule has 0 atom stereocenters. The summed E-state index contributed by atoms with van der Waals surface area (Å²) in [4.78, 5) is 13.5. The first-order valence-electron chi connectivity index (χ1n) is 8.97. The Morgan fingerprint density at radius 1 is 1.27 bits per heavy atom. The number of hydrogen-bond donors (Lipinski definition) is 1. The van der Waals surface area contributed by atoms with Gasteiger partial charge in [-0.25, -0.2) is 9.37 Å². The van der Waals surface area contributed by atoms with Gasteiger partial charge in [0.1, 0.15) is 11.6 Å². The molecular formula is C18H25FN6S. The van der Waals surface area contributed by atoms with Crippen molar-refractivity contribution in [2.45, 2.75) is 19.8 Å². The first-order chi connectivity index (χ1) is 12.7. The lowest BCUT2D eigenvalue weighted by Gasteiger charge is -2.36. The molecule has 2 heterocycles. The van der Waals surface area contributed by atoms with E-state index in [0.29, 0.717) is 13.0 Å². The zero-order valence-corrected chi connectivity index (χ0v) is 16.1. The number of rotatable bonds is 5. The summed E-state index contributed by atoms with van der Waals surface area (Å²) < 4.78 is 18.1. The number of benzene rings is 1. The van der Waals surface area contributed by atoms with Gasteiger partial charge in [0.25, 0.3) is 0 Å². The highest BCUT2D eigenvalue weighted by atomic mass is 32.1. The maximum Gasteiger partial charge on any atom is 0.205 e. The third-order valence-electron chi connectivity index (χ3n) is 4.47. The number of hydrogen-bond acceptors (Lipinski definition) is 5. The van der Waals surface area contributed by atoms with Crippen LogP contribution in [0.25, 0.3) is 0 Å². The van der Waals surface area contributed by atoms with Gasteiger partial charge < -0.3 is 15.1 Å². The highest BCUT2D eigenvalue weighted by molar-refractivity contribution is 7.09. The molecule has 1 aromatic carbocycles. The van der Waals surface area contributed by atoms with Crippen LogP contribution < -0.4 is 10.2 Å². The molecular weight excluding hydrogens is 351 g/mol. The fourth-order valence-electron chi connectivity index (χ4n) is 2.97. The molecule has 0 radical (unpaired) electrons. The lowest BCUT2D eigenvalue weighted by molar-refractivity contribution is 0.372. The van der Waals surface area contributed by atoms with Crippen LogP contribution in [0.5, 0.6) is 0 Å². The Morgan fingerprint density at radius 3 is 2.69 bits per heavy atom. The second-order valence-electron chi connectivity index (χ2n) is 6.14. The molecule has 0 spiro atoms. The molecule has 140 valence electrons. The van der Waals surface area contributed by atoms with Gasteiger partial charge in [0, 0.05) is 57.7 Å². The van der Waals surface area contributed by atoms with Crippen LogP contribution in [0.4, 0.5) is 9.52 Å². The molecule has 1 fully saturated rings. The Balaban J connectivity index is 1.48. The molecule has 1 N–H and O–H groups in total. The van der Waals surface area contributed by atoms with Gasteiger partial charge in [-0.2, -0.15) is 4.37 Å². The maximum atomic E-state index is 13.7. The second kappa shape index (κ2) is 8.93. The van der Waals surface area contributed by atoms with Crippen LogP contribution in [0.2, 0.25) is 0 Å². The minimum Gasteiger partial charge on any atom is -0.356 e. The Hall–Kier alpha value is -2.22. The van der Waals surface area contributed by atoms with E-state index in [1.807, 2.05) is 12.1 Å². The standard InChI is InChI=1S/C18H25FN6S/c1-3-16-22-18(26-23-16)25-12-10-24(11-13-25)17(20-2)21-9-8-14-6-4-5-7-15(14)19/h4-7H,3,8-13H2,1-2H3,(H,20,21). The van der Waals surface area contributed by atoms with Crippen molar-refractivity contribution >= 4 is 22.6 Å². The molecule has 6 nitrogen and oxygen atoms in total. The Labute approximate surface area is 157 Å². The average molecular weight is 377 g/mol. The molecule has 0 aliphatic carbocycles. The van der Waals surface area contributed by atoms with Crippen LogP contribution in [0.1, 0.15) is 18.3 Å². The van der Waals surface area contributed by atoms with Crippen LogP contribution >= 0.6 is 11.5 Å². The molecule has 0 saturated carbocycles. The molecule has 1 saturated heterocycles. The topological polar surface area (TPSA) is 56.7 Å². The van der Waals surface area contributed by atoms with Crippen molar-refractivity contribution in [2.24, 2.45) is 4.99 Å². The van der Waals surface area contributed by atoms with Crippen molar-refractivity contribution in [2.75, 3.05) is 44.7 Å². The smallest absolute Gasteiger partial charge is 0.205 e. The van der Waals surface area contributed by atoms with Gasteiger partial charge in [-0.1, -0.05) is 25.1 Å². The molecule has 1 aliphatic rings. The number of nitrogens with one attached hydrogen (secondary N) is 1. The van der Waals surface area contributed by atoms with Gasteiger partial charge in [-0.3, -0.25) is 4.99 Å². The van der Waals surface area contributed by atoms with E-state index in [-0.39, 0.29) is 5.82 Å². The fourth-order valence-corrected chi connectivity index (χ4v) is 3.77. The maximum absolute atomic E-state index is 13.7. The summed E-state index contributed by atoms with van der Waals surface area (Å²) in [5.74, 6) is 1.63. The SMILES string of the molecule is CCc1nsc(N2CCN(C(=NC)NCCc3ccccc3F)CC2)n1. The Bertz CT molecular complexity index is 739. The van der Waals surface area contributed by atoms with Crippen molar-refractivity contribution in [1.29, 1.82) is 0 Å². The summed E-state index contributed by atoms with van der Waals surface area (Å²) in [6.45, 7) is 6.27. The fraction of sp³-hybridized carbons (Fsp3) is 0.500. The Morgan fingerprint density at radius 2 is 2.04 bits per heavy atom. The molecule has 0 amide bonds. The normalized spacial score (nSPS) is 15.4.